The fourth-order valence-electron chi connectivity index (χ4n) is 3.66. The van der Waals surface area contributed by atoms with Crippen LogP contribution in [0.2, 0.25) is 0 Å². The summed E-state index contributed by atoms with van der Waals surface area (Å²) in [5.41, 5.74) is 8.56. The quantitative estimate of drug-likeness (QED) is 0.898. The summed E-state index contributed by atoms with van der Waals surface area (Å²) < 4.78 is 11.9. The van der Waals surface area contributed by atoms with E-state index in [-0.39, 0.29) is 6.04 Å². The Morgan fingerprint density at radius 3 is 2.89 bits per heavy atom. The Bertz CT molecular complexity index is 618. The van der Waals surface area contributed by atoms with Crippen molar-refractivity contribution in [2.24, 2.45) is 11.7 Å². The number of fused-ring (bicyclic) bond motifs is 3. The average molecular weight is 257 g/mol. The molecule has 1 aromatic heterocycles. The highest BCUT2D eigenvalue weighted by atomic mass is 16.5. The van der Waals surface area contributed by atoms with E-state index in [1.165, 1.54) is 12.0 Å². The van der Waals surface area contributed by atoms with Crippen LogP contribution in [-0.2, 0) is 4.74 Å². The third-order valence-electron chi connectivity index (χ3n) is 4.70. The van der Waals surface area contributed by atoms with Gasteiger partial charge in [-0.2, -0.15) is 0 Å². The molecule has 2 aromatic rings. The lowest BCUT2D eigenvalue weighted by molar-refractivity contribution is 0.0871. The fraction of sp³-hybridized carbons (Fsp3) is 0.500. The molecule has 0 amide bonds. The van der Waals surface area contributed by atoms with Crippen LogP contribution in [0.4, 0.5) is 0 Å². The second-order valence-corrected chi connectivity index (χ2v) is 5.94. The van der Waals surface area contributed by atoms with Gasteiger partial charge in [0.15, 0.2) is 0 Å². The molecular formula is C16H19NO2. The summed E-state index contributed by atoms with van der Waals surface area (Å²) >= 11 is 0. The second kappa shape index (κ2) is 4.09. The maximum absolute atomic E-state index is 6.43. The highest BCUT2D eigenvalue weighted by molar-refractivity contribution is 5.81. The van der Waals surface area contributed by atoms with E-state index in [4.69, 9.17) is 14.9 Å². The van der Waals surface area contributed by atoms with Crippen LogP contribution < -0.4 is 5.73 Å². The van der Waals surface area contributed by atoms with Crippen LogP contribution >= 0.6 is 0 Å². The van der Waals surface area contributed by atoms with Crippen LogP contribution in [0.1, 0.15) is 36.6 Å². The smallest absolute Gasteiger partial charge is 0.137 e. The van der Waals surface area contributed by atoms with E-state index < -0.39 is 0 Å². The summed E-state index contributed by atoms with van der Waals surface area (Å²) in [5, 5.41) is 1.15. The number of benzene rings is 1. The van der Waals surface area contributed by atoms with Gasteiger partial charge in [-0.25, -0.2) is 0 Å². The van der Waals surface area contributed by atoms with Crippen LogP contribution in [0.15, 0.2) is 28.7 Å². The third-order valence-corrected chi connectivity index (χ3v) is 4.70. The minimum atomic E-state index is -0.0397. The molecule has 100 valence electrons. The van der Waals surface area contributed by atoms with E-state index in [2.05, 4.69) is 31.2 Å². The normalized spacial score (nSPS) is 31.2. The van der Waals surface area contributed by atoms with Crippen molar-refractivity contribution >= 4 is 11.0 Å². The molecule has 2 fully saturated rings. The molecule has 2 saturated heterocycles. The molecule has 0 radical (unpaired) electrons. The molecule has 3 nitrogen and oxygen atoms in total. The molecule has 4 rings (SSSR count). The monoisotopic (exact) mass is 257 g/mol. The predicted octanol–water partition coefficient (Wildman–Crippen LogP) is 3.31. The predicted molar refractivity (Wildman–Crippen MR) is 73.9 cm³/mol. The molecule has 0 spiro atoms. The maximum Gasteiger partial charge on any atom is 0.137 e. The molecule has 2 aliphatic rings. The number of hydrogen-bond donors (Lipinski definition) is 1. The van der Waals surface area contributed by atoms with E-state index in [0.717, 1.165) is 29.6 Å². The summed E-state index contributed by atoms with van der Waals surface area (Å²) in [4.78, 5) is 0. The highest BCUT2D eigenvalue weighted by Gasteiger charge is 2.44. The van der Waals surface area contributed by atoms with Crippen molar-refractivity contribution in [3.63, 3.8) is 0 Å². The van der Waals surface area contributed by atoms with Crippen LogP contribution in [0.3, 0.4) is 0 Å². The van der Waals surface area contributed by atoms with Crippen molar-refractivity contribution in [2.75, 3.05) is 0 Å². The van der Waals surface area contributed by atoms with Crippen LogP contribution in [0, 0.1) is 12.8 Å². The van der Waals surface area contributed by atoms with Gasteiger partial charge in [-0.15, -0.1) is 0 Å². The first-order valence-electron chi connectivity index (χ1n) is 7.12. The Balaban J connectivity index is 1.68. The van der Waals surface area contributed by atoms with E-state index in [9.17, 15) is 0 Å². The first kappa shape index (κ1) is 11.5. The Labute approximate surface area is 112 Å². The van der Waals surface area contributed by atoms with Gasteiger partial charge in [-0.05, 0) is 37.8 Å². The van der Waals surface area contributed by atoms with Crippen molar-refractivity contribution < 1.29 is 9.15 Å². The molecule has 3 heterocycles. The molecule has 19 heavy (non-hydrogen) atoms. The van der Waals surface area contributed by atoms with Crippen molar-refractivity contribution in [1.29, 1.82) is 0 Å². The van der Waals surface area contributed by atoms with E-state index in [1.807, 2.05) is 0 Å². The van der Waals surface area contributed by atoms with Crippen molar-refractivity contribution in [1.82, 2.24) is 0 Å². The molecule has 1 aromatic carbocycles. The summed E-state index contributed by atoms with van der Waals surface area (Å²) in [6, 6.07) is 8.27. The lowest BCUT2D eigenvalue weighted by atomic mass is 9.83. The topological polar surface area (TPSA) is 48.4 Å². The van der Waals surface area contributed by atoms with Gasteiger partial charge in [0.25, 0.3) is 0 Å². The molecule has 0 aliphatic carbocycles. The van der Waals surface area contributed by atoms with Gasteiger partial charge in [0.05, 0.1) is 18.2 Å². The van der Waals surface area contributed by atoms with Gasteiger partial charge < -0.3 is 14.9 Å². The number of furan rings is 1. The van der Waals surface area contributed by atoms with Gasteiger partial charge in [0.2, 0.25) is 0 Å². The first-order chi connectivity index (χ1) is 9.22. The van der Waals surface area contributed by atoms with Gasteiger partial charge in [0.1, 0.15) is 11.3 Å². The van der Waals surface area contributed by atoms with Gasteiger partial charge in [-0.1, -0.05) is 18.2 Å². The van der Waals surface area contributed by atoms with Crippen molar-refractivity contribution in [3.05, 3.63) is 35.6 Å². The minimum Gasteiger partial charge on any atom is -0.459 e. The number of hydrogen-bond acceptors (Lipinski definition) is 3. The molecule has 4 unspecified atom stereocenters. The molecule has 0 saturated carbocycles. The van der Waals surface area contributed by atoms with Gasteiger partial charge in [0, 0.05) is 11.3 Å². The average Bonchev–Trinajstić information content (AvgIpc) is 3.12. The largest absolute Gasteiger partial charge is 0.459 e. The number of ether oxygens (including phenoxy) is 1. The SMILES string of the molecule is Cc1cccc2cc(C(N)C3CC4CCC3O4)oc12. The molecule has 2 bridgehead atoms. The highest BCUT2D eigenvalue weighted by Crippen LogP contribution is 2.44. The van der Waals surface area contributed by atoms with Crippen molar-refractivity contribution in [2.45, 2.75) is 44.4 Å². The van der Waals surface area contributed by atoms with E-state index >= 15 is 0 Å². The zero-order valence-corrected chi connectivity index (χ0v) is 11.1. The standard InChI is InChI=1S/C16H19NO2/c1-9-3-2-4-10-7-14(19-16(9)10)15(17)12-8-11-5-6-13(12)18-11/h2-4,7,11-13,15H,5-6,8,17H2,1H3. The maximum atomic E-state index is 6.43. The number of rotatable bonds is 2. The molecule has 2 N–H and O–H groups in total. The van der Waals surface area contributed by atoms with Crippen LogP contribution in [0.5, 0.6) is 0 Å². The van der Waals surface area contributed by atoms with Gasteiger partial charge in [-0.3, -0.25) is 0 Å². The zero-order chi connectivity index (χ0) is 13.0. The lowest BCUT2D eigenvalue weighted by Gasteiger charge is -2.23. The first-order valence-corrected chi connectivity index (χ1v) is 7.12. The van der Waals surface area contributed by atoms with Crippen LogP contribution in [0.25, 0.3) is 11.0 Å². The number of nitrogens with two attached hydrogens (primary N) is 1. The number of para-hydroxylation sites is 1. The molecular weight excluding hydrogens is 238 g/mol. The second-order valence-electron chi connectivity index (χ2n) is 5.94. The fourth-order valence-corrected chi connectivity index (χ4v) is 3.66. The molecule has 2 aliphatic heterocycles. The molecule has 4 atom stereocenters. The Morgan fingerprint density at radius 2 is 2.21 bits per heavy atom. The van der Waals surface area contributed by atoms with Gasteiger partial charge >= 0.3 is 0 Å². The number of aryl methyl sites for hydroxylation is 1. The minimum absolute atomic E-state index is 0.0397. The Morgan fingerprint density at radius 1 is 1.32 bits per heavy atom. The van der Waals surface area contributed by atoms with Crippen molar-refractivity contribution in [3.8, 4) is 0 Å². The van der Waals surface area contributed by atoms with Crippen LogP contribution in [-0.4, -0.2) is 12.2 Å². The molecule has 3 heteroatoms. The van der Waals surface area contributed by atoms with E-state index in [0.29, 0.717) is 18.1 Å². The summed E-state index contributed by atoms with van der Waals surface area (Å²) in [7, 11) is 0. The summed E-state index contributed by atoms with van der Waals surface area (Å²) in [5.74, 6) is 1.32. The Kier molecular flexibility index (Phi) is 2.47. The Hall–Kier alpha value is -1.32. The van der Waals surface area contributed by atoms with E-state index in [1.54, 1.807) is 0 Å². The summed E-state index contributed by atoms with van der Waals surface area (Å²) in [6.45, 7) is 2.07. The third kappa shape index (κ3) is 1.72. The lowest BCUT2D eigenvalue weighted by Crippen LogP contribution is -2.28. The zero-order valence-electron chi connectivity index (χ0n) is 11.1. The summed E-state index contributed by atoms with van der Waals surface area (Å²) in [6.07, 6.45) is 4.22.